The van der Waals surface area contributed by atoms with Gasteiger partial charge in [-0.2, -0.15) is 0 Å². The van der Waals surface area contributed by atoms with E-state index in [1.807, 2.05) is 18.3 Å². The van der Waals surface area contributed by atoms with Crippen molar-refractivity contribution in [2.24, 2.45) is 0 Å². The van der Waals surface area contributed by atoms with Gasteiger partial charge in [0.15, 0.2) is 0 Å². The lowest BCUT2D eigenvalue weighted by atomic mass is 9.99. The van der Waals surface area contributed by atoms with Gasteiger partial charge in [-0.3, -0.25) is 9.88 Å². The Kier molecular flexibility index (Phi) is 3.32. The molecule has 0 fully saturated rings. The van der Waals surface area contributed by atoms with Crippen molar-refractivity contribution < 1.29 is 0 Å². The van der Waals surface area contributed by atoms with Crippen molar-refractivity contribution in [1.29, 1.82) is 0 Å². The van der Waals surface area contributed by atoms with Gasteiger partial charge in [0.25, 0.3) is 0 Å². The van der Waals surface area contributed by atoms with Gasteiger partial charge < -0.3 is 0 Å². The molecule has 0 N–H and O–H groups in total. The molecule has 0 amide bonds. The maximum atomic E-state index is 4.19. The van der Waals surface area contributed by atoms with Crippen molar-refractivity contribution >= 4 is 0 Å². The summed E-state index contributed by atoms with van der Waals surface area (Å²) in [5.41, 5.74) is 2.51. The van der Waals surface area contributed by atoms with Crippen molar-refractivity contribution in [3.8, 4) is 0 Å². The van der Waals surface area contributed by atoms with Gasteiger partial charge in [0.2, 0.25) is 0 Å². The molecule has 2 rings (SSSR count). The highest BCUT2D eigenvalue weighted by Crippen LogP contribution is 2.25. The van der Waals surface area contributed by atoms with Gasteiger partial charge in [-0.15, -0.1) is 0 Å². The quantitative estimate of drug-likeness (QED) is 0.777. The van der Waals surface area contributed by atoms with E-state index in [4.69, 9.17) is 0 Å². The molecule has 1 aromatic carbocycles. The van der Waals surface area contributed by atoms with E-state index in [0.717, 1.165) is 0 Å². The molecule has 2 nitrogen and oxygen atoms in total. The topological polar surface area (TPSA) is 16.1 Å². The summed E-state index contributed by atoms with van der Waals surface area (Å²) in [4.78, 5) is 6.39. The maximum absolute atomic E-state index is 4.19. The Morgan fingerprint density at radius 3 is 2.19 bits per heavy atom. The monoisotopic (exact) mass is 212 g/mol. The molecule has 1 heterocycles. The summed E-state index contributed by atoms with van der Waals surface area (Å²) in [5.74, 6) is 0. The second kappa shape index (κ2) is 4.90. The van der Waals surface area contributed by atoms with Gasteiger partial charge in [-0.25, -0.2) is 0 Å². The van der Waals surface area contributed by atoms with Crippen LogP contribution in [0, 0.1) is 0 Å². The molecule has 1 atom stereocenters. The van der Waals surface area contributed by atoms with Gasteiger partial charge in [-0.1, -0.05) is 36.4 Å². The predicted octanol–water partition coefficient (Wildman–Crippen LogP) is 2.73. The van der Waals surface area contributed by atoms with Crippen LogP contribution in [0.2, 0.25) is 0 Å². The van der Waals surface area contributed by atoms with Crippen LogP contribution in [0.4, 0.5) is 0 Å². The molecule has 0 saturated heterocycles. The van der Waals surface area contributed by atoms with E-state index < -0.39 is 0 Å². The Morgan fingerprint density at radius 1 is 0.938 bits per heavy atom. The fourth-order valence-corrected chi connectivity index (χ4v) is 1.96. The van der Waals surface area contributed by atoms with Gasteiger partial charge in [0.1, 0.15) is 0 Å². The highest BCUT2D eigenvalue weighted by molar-refractivity contribution is 5.29. The summed E-state index contributed by atoms with van der Waals surface area (Å²) >= 11 is 0. The highest BCUT2D eigenvalue weighted by Gasteiger charge is 2.15. The third-order valence-corrected chi connectivity index (χ3v) is 2.63. The molecule has 16 heavy (non-hydrogen) atoms. The molecule has 2 aromatic rings. The second-order valence-corrected chi connectivity index (χ2v) is 4.06. The molecule has 0 saturated carbocycles. The van der Waals surface area contributed by atoms with E-state index in [9.17, 15) is 0 Å². The Bertz CT molecular complexity index is 384. The van der Waals surface area contributed by atoms with Crippen LogP contribution in [-0.2, 0) is 0 Å². The fourth-order valence-electron chi connectivity index (χ4n) is 1.96. The van der Waals surface area contributed by atoms with Gasteiger partial charge in [-0.05, 0) is 31.3 Å². The highest BCUT2D eigenvalue weighted by atomic mass is 15.1. The van der Waals surface area contributed by atoms with E-state index in [2.05, 4.69) is 54.3 Å². The number of aromatic nitrogens is 1. The molecular formula is C14H16N2. The molecule has 0 bridgehead atoms. The molecule has 2 heteroatoms. The molecule has 1 aromatic heterocycles. The predicted molar refractivity (Wildman–Crippen MR) is 66.2 cm³/mol. The minimum atomic E-state index is 0.273. The third-order valence-electron chi connectivity index (χ3n) is 2.63. The van der Waals surface area contributed by atoms with Crippen molar-refractivity contribution in [2.45, 2.75) is 6.04 Å². The summed E-state index contributed by atoms with van der Waals surface area (Å²) in [6, 6.07) is 14.9. The number of hydrogen-bond acceptors (Lipinski definition) is 2. The normalized spacial score (nSPS) is 12.7. The molecule has 82 valence electrons. The zero-order chi connectivity index (χ0) is 11.4. The van der Waals surface area contributed by atoms with Crippen LogP contribution in [0.25, 0.3) is 0 Å². The van der Waals surface area contributed by atoms with Crippen LogP contribution in [0.1, 0.15) is 17.2 Å². The van der Waals surface area contributed by atoms with Crippen LogP contribution in [-0.4, -0.2) is 24.0 Å². The lowest BCUT2D eigenvalue weighted by molar-refractivity contribution is 0.341. The van der Waals surface area contributed by atoms with Gasteiger partial charge >= 0.3 is 0 Å². The third kappa shape index (κ3) is 2.28. The Labute approximate surface area is 96.6 Å². The van der Waals surface area contributed by atoms with E-state index in [1.54, 1.807) is 6.20 Å². The van der Waals surface area contributed by atoms with Gasteiger partial charge in [0.05, 0.1) is 6.04 Å². The minimum Gasteiger partial charge on any atom is -0.298 e. The van der Waals surface area contributed by atoms with E-state index >= 15 is 0 Å². The molecule has 1 unspecified atom stereocenters. The van der Waals surface area contributed by atoms with E-state index in [1.165, 1.54) is 11.1 Å². The zero-order valence-electron chi connectivity index (χ0n) is 9.67. The molecular weight excluding hydrogens is 196 g/mol. The number of pyridine rings is 1. The number of nitrogens with zero attached hydrogens (tertiary/aromatic N) is 2. The maximum Gasteiger partial charge on any atom is 0.0612 e. The average molecular weight is 212 g/mol. The van der Waals surface area contributed by atoms with Crippen LogP contribution in [0.5, 0.6) is 0 Å². The molecule has 0 aliphatic carbocycles. The van der Waals surface area contributed by atoms with Crippen LogP contribution < -0.4 is 0 Å². The number of hydrogen-bond donors (Lipinski definition) is 0. The summed E-state index contributed by atoms with van der Waals surface area (Å²) in [6.45, 7) is 0. The summed E-state index contributed by atoms with van der Waals surface area (Å²) in [6.07, 6.45) is 3.74. The molecule has 0 spiro atoms. The summed E-state index contributed by atoms with van der Waals surface area (Å²) in [7, 11) is 4.18. The summed E-state index contributed by atoms with van der Waals surface area (Å²) < 4.78 is 0. The first kappa shape index (κ1) is 10.8. The van der Waals surface area contributed by atoms with Crippen molar-refractivity contribution in [2.75, 3.05) is 14.1 Å². The van der Waals surface area contributed by atoms with E-state index in [-0.39, 0.29) is 6.04 Å². The Hall–Kier alpha value is -1.67. The molecule has 0 aliphatic rings. The van der Waals surface area contributed by atoms with Crippen LogP contribution in [0.15, 0.2) is 54.9 Å². The first-order valence-electron chi connectivity index (χ1n) is 5.40. The zero-order valence-corrected chi connectivity index (χ0v) is 9.67. The lowest BCUT2D eigenvalue weighted by Crippen LogP contribution is -2.21. The molecule has 0 aliphatic heterocycles. The molecule has 0 radical (unpaired) electrons. The minimum absolute atomic E-state index is 0.273. The first-order valence-corrected chi connectivity index (χ1v) is 5.40. The lowest BCUT2D eigenvalue weighted by Gasteiger charge is -2.24. The van der Waals surface area contributed by atoms with Crippen LogP contribution in [0.3, 0.4) is 0 Å². The second-order valence-electron chi connectivity index (χ2n) is 4.06. The first-order chi connectivity index (χ1) is 7.79. The largest absolute Gasteiger partial charge is 0.298 e. The fraction of sp³-hybridized carbons (Fsp3) is 0.214. The number of rotatable bonds is 3. The Morgan fingerprint density at radius 2 is 1.62 bits per heavy atom. The average Bonchev–Trinajstić information content (AvgIpc) is 2.31. The van der Waals surface area contributed by atoms with Crippen LogP contribution >= 0.6 is 0 Å². The van der Waals surface area contributed by atoms with E-state index in [0.29, 0.717) is 0 Å². The van der Waals surface area contributed by atoms with Gasteiger partial charge in [0, 0.05) is 12.4 Å². The summed E-state index contributed by atoms with van der Waals surface area (Å²) in [5, 5.41) is 0. The standard InChI is InChI=1S/C14H16N2/c1-16(2)14(12-7-4-3-5-8-12)13-9-6-10-15-11-13/h3-11,14H,1-2H3. The van der Waals surface area contributed by atoms with Crippen molar-refractivity contribution in [3.63, 3.8) is 0 Å². The van der Waals surface area contributed by atoms with Crippen molar-refractivity contribution in [1.82, 2.24) is 9.88 Å². The number of benzene rings is 1. The van der Waals surface area contributed by atoms with Crippen molar-refractivity contribution in [3.05, 3.63) is 66.0 Å². The SMILES string of the molecule is CN(C)C(c1ccccc1)c1cccnc1. The Balaban J connectivity index is 2.40. The smallest absolute Gasteiger partial charge is 0.0612 e.